The zero-order valence-electron chi connectivity index (χ0n) is 15.3. The van der Waals surface area contributed by atoms with Crippen molar-refractivity contribution < 1.29 is 29.6 Å². The van der Waals surface area contributed by atoms with Crippen LogP contribution in [0.3, 0.4) is 0 Å². The third-order valence-corrected chi connectivity index (χ3v) is 4.53. The van der Waals surface area contributed by atoms with Gasteiger partial charge in [0.05, 0.1) is 31.3 Å². The van der Waals surface area contributed by atoms with Gasteiger partial charge in [-0.2, -0.15) is 15.1 Å². The summed E-state index contributed by atoms with van der Waals surface area (Å²) >= 11 is 0. The number of carbonyl (C=O) groups is 1. The van der Waals surface area contributed by atoms with Gasteiger partial charge in [0, 0.05) is 6.20 Å². The highest BCUT2D eigenvalue weighted by atomic mass is 16.6. The van der Waals surface area contributed by atoms with Crippen molar-refractivity contribution in [2.24, 2.45) is 0 Å². The van der Waals surface area contributed by atoms with Crippen molar-refractivity contribution in [1.82, 2.24) is 29.3 Å². The van der Waals surface area contributed by atoms with E-state index in [1.807, 2.05) is 0 Å². The van der Waals surface area contributed by atoms with Gasteiger partial charge in [-0.15, -0.1) is 0 Å². The number of hydrogen-bond acceptors (Lipinski definition) is 11. The first kappa shape index (κ1) is 19.2. The summed E-state index contributed by atoms with van der Waals surface area (Å²) in [6.07, 6.45) is -0.542. The summed E-state index contributed by atoms with van der Waals surface area (Å²) in [7, 11) is 0. The number of hydrogen-bond donors (Lipinski definition) is 4. The highest BCUT2D eigenvalue weighted by Crippen LogP contribution is 2.32. The molecular weight excluding hydrogens is 386 g/mol. The van der Waals surface area contributed by atoms with Crippen molar-refractivity contribution in [3.05, 3.63) is 24.3 Å². The van der Waals surface area contributed by atoms with Crippen molar-refractivity contribution in [3.63, 3.8) is 0 Å². The molecule has 0 unspecified atom stereocenters. The second-order valence-corrected chi connectivity index (χ2v) is 6.36. The zero-order valence-corrected chi connectivity index (χ0v) is 15.3. The lowest BCUT2D eigenvalue weighted by atomic mass is 10.1. The molecular formula is C16H19N7O6. The largest absolute Gasteiger partial charge is 0.462 e. The lowest BCUT2D eigenvalue weighted by Gasteiger charge is -2.16. The summed E-state index contributed by atoms with van der Waals surface area (Å²) in [5.41, 5.74) is 6.67. The van der Waals surface area contributed by atoms with E-state index >= 15 is 0 Å². The van der Waals surface area contributed by atoms with Crippen molar-refractivity contribution >= 4 is 23.0 Å². The first-order chi connectivity index (χ1) is 13.9. The molecule has 0 bridgehead atoms. The minimum atomic E-state index is -1.32. The maximum Gasteiger partial charge on any atom is 0.341 e. The van der Waals surface area contributed by atoms with E-state index in [0.717, 1.165) is 0 Å². The molecule has 3 aromatic heterocycles. The molecule has 1 aliphatic heterocycles. The molecule has 0 aliphatic carbocycles. The van der Waals surface area contributed by atoms with Gasteiger partial charge in [-0.05, 0) is 6.92 Å². The zero-order chi connectivity index (χ0) is 20.7. The van der Waals surface area contributed by atoms with Gasteiger partial charge in [-0.3, -0.25) is 4.57 Å². The fraction of sp³-hybridized carbons (Fsp3) is 0.438. The number of fused-ring (bicyclic) bond motifs is 1. The van der Waals surface area contributed by atoms with Crippen LogP contribution < -0.4 is 5.73 Å². The number of rotatable bonds is 5. The van der Waals surface area contributed by atoms with E-state index in [4.69, 9.17) is 15.2 Å². The molecule has 0 amide bonds. The molecule has 1 fully saturated rings. The van der Waals surface area contributed by atoms with Gasteiger partial charge in [-0.25, -0.2) is 14.5 Å². The maximum atomic E-state index is 11.8. The average Bonchev–Trinajstić information content (AvgIpc) is 3.41. The van der Waals surface area contributed by atoms with Crippen LogP contribution in [0.25, 0.3) is 17.1 Å². The highest BCUT2D eigenvalue weighted by molar-refractivity contribution is 5.89. The highest BCUT2D eigenvalue weighted by Gasteiger charge is 2.44. The molecule has 13 heteroatoms. The lowest BCUT2D eigenvalue weighted by Crippen LogP contribution is -2.33. The molecule has 0 spiro atoms. The maximum absolute atomic E-state index is 11.8. The standard InChI is InChI=1S/C16H19N7O6/c1-2-28-15(27)7-3-19-23(4-7)16-20-12(17)9-13(21-16)22(6-18-9)14-11(26)10(25)8(5-24)29-14/h3-4,6,8,10-11,14,24-26H,2,5H2,1H3,(H2,17,20,21)/t8-,10+,11+,14-/m1/s1. The summed E-state index contributed by atoms with van der Waals surface area (Å²) in [5.74, 6) is -0.438. The summed E-state index contributed by atoms with van der Waals surface area (Å²) < 4.78 is 13.1. The normalized spacial score (nSPS) is 24.3. The van der Waals surface area contributed by atoms with E-state index in [1.165, 1.54) is 28.0 Å². The predicted molar refractivity (Wildman–Crippen MR) is 95.8 cm³/mol. The Balaban J connectivity index is 1.74. The molecule has 154 valence electrons. The van der Waals surface area contributed by atoms with Crippen molar-refractivity contribution in [1.29, 1.82) is 0 Å². The smallest absolute Gasteiger partial charge is 0.341 e. The van der Waals surface area contributed by atoms with E-state index in [9.17, 15) is 20.1 Å². The van der Waals surface area contributed by atoms with Crippen molar-refractivity contribution in [2.45, 2.75) is 31.5 Å². The molecule has 4 rings (SSSR count). The topological polar surface area (TPSA) is 184 Å². The summed E-state index contributed by atoms with van der Waals surface area (Å²) in [6.45, 7) is 1.45. The van der Waals surface area contributed by atoms with Crippen LogP contribution in [-0.4, -0.2) is 82.1 Å². The third kappa shape index (κ3) is 3.19. The number of imidazole rings is 1. The quantitative estimate of drug-likeness (QED) is 0.358. The van der Waals surface area contributed by atoms with Crippen LogP contribution in [0.5, 0.6) is 0 Å². The fourth-order valence-corrected chi connectivity index (χ4v) is 3.08. The van der Waals surface area contributed by atoms with E-state index in [-0.39, 0.29) is 35.1 Å². The Morgan fingerprint density at radius 1 is 1.34 bits per heavy atom. The Hall–Kier alpha value is -3.13. The Labute approximate surface area is 163 Å². The van der Waals surface area contributed by atoms with Crippen LogP contribution in [0.15, 0.2) is 18.7 Å². The molecule has 29 heavy (non-hydrogen) atoms. The van der Waals surface area contributed by atoms with Gasteiger partial charge < -0.3 is 30.5 Å². The summed E-state index contributed by atoms with van der Waals surface area (Å²) in [4.78, 5) is 24.5. The van der Waals surface area contributed by atoms with Gasteiger partial charge in [0.15, 0.2) is 17.7 Å². The Morgan fingerprint density at radius 3 is 2.83 bits per heavy atom. The molecule has 1 saturated heterocycles. The second kappa shape index (κ2) is 7.36. The molecule has 0 aromatic carbocycles. The Bertz CT molecular complexity index is 1050. The number of ether oxygens (including phenoxy) is 2. The number of nitrogen functional groups attached to an aromatic ring is 1. The molecule has 13 nitrogen and oxygen atoms in total. The molecule has 0 radical (unpaired) electrons. The number of nitrogens with zero attached hydrogens (tertiary/aromatic N) is 6. The first-order valence-corrected chi connectivity index (χ1v) is 8.79. The van der Waals surface area contributed by atoms with Crippen LogP contribution in [0.2, 0.25) is 0 Å². The van der Waals surface area contributed by atoms with Gasteiger partial charge in [0.2, 0.25) is 0 Å². The minimum absolute atomic E-state index is 0.0451. The van der Waals surface area contributed by atoms with Crippen LogP contribution in [0, 0.1) is 0 Å². The van der Waals surface area contributed by atoms with Crippen LogP contribution in [0.4, 0.5) is 5.82 Å². The molecule has 5 N–H and O–H groups in total. The first-order valence-electron chi connectivity index (χ1n) is 8.79. The minimum Gasteiger partial charge on any atom is -0.462 e. The number of esters is 1. The van der Waals surface area contributed by atoms with Gasteiger partial charge in [0.25, 0.3) is 5.95 Å². The number of aromatic nitrogens is 6. The predicted octanol–water partition coefficient (Wildman–Crippen LogP) is -1.62. The van der Waals surface area contributed by atoms with Crippen LogP contribution >= 0.6 is 0 Å². The number of anilines is 1. The van der Waals surface area contributed by atoms with Crippen LogP contribution in [0.1, 0.15) is 23.5 Å². The van der Waals surface area contributed by atoms with Crippen molar-refractivity contribution in [3.8, 4) is 5.95 Å². The SMILES string of the molecule is CCOC(=O)c1cnn(-c2nc(N)c3ncn([C@@H]4O[C@H](CO)[C@H](O)[C@@H]4O)c3n2)c1. The van der Waals surface area contributed by atoms with E-state index in [2.05, 4.69) is 20.1 Å². The third-order valence-electron chi connectivity index (χ3n) is 4.53. The molecule has 1 aliphatic rings. The molecule has 3 aromatic rings. The summed E-state index contributed by atoms with van der Waals surface area (Å²) in [6, 6.07) is 0. The number of aliphatic hydroxyl groups excluding tert-OH is 3. The van der Waals surface area contributed by atoms with Crippen LogP contribution in [-0.2, 0) is 9.47 Å². The lowest BCUT2D eigenvalue weighted by molar-refractivity contribution is -0.0511. The van der Waals surface area contributed by atoms with Gasteiger partial charge in [0.1, 0.15) is 23.8 Å². The molecule has 0 saturated carbocycles. The number of aliphatic hydroxyl groups is 3. The molecule has 4 atom stereocenters. The number of carbonyl (C=O) groups excluding carboxylic acids is 1. The van der Waals surface area contributed by atoms with Crippen molar-refractivity contribution in [2.75, 3.05) is 18.9 Å². The Morgan fingerprint density at radius 2 is 2.14 bits per heavy atom. The van der Waals surface area contributed by atoms with Gasteiger partial charge >= 0.3 is 5.97 Å². The average molecular weight is 405 g/mol. The Kier molecular flexibility index (Phi) is 4.87. The summed E-state index contributed by atoms with van der Waals surface area (Å²) in [5, 5.41) is 33.6. The number of nitrogens with two attached hydrogens (primary N) is 1. The molecule has 4 heterocycles. The second-order valence-electron chi connectivity index (χ2n) is 6.36. The fourth-order valence-electron chi connectivity index (χ4n) is 3.08. The van der Waals surface area contributed by atoms with E-state index in [0.29, 0.717) is 0 Å². The van der Waals surface area contributed by atoms with E-state index < -0.39 is 37.1 Å². The van der Waals surface area contributed by atoms with Gasteiger partial charge in [-0.1, -0.05) is 0 Å². The monoisotopic (exact) mass is 405 g/mol. The van der Waals surface area contributed by atoms with E-state index in [1.54, 1.807) is 6.92 Å².